The van der Waals surface area contributed by atoms with Crippen LogP contribution in [-0.4, -0.2) is 27.9 Å². The molecule has 0 radical (unpaired) electrons. The number of hydrogen-bond donors (Lipinski definition) is 3. The van der Waals surface area contributed by atoms with Crippen molar-refractivity contribution in [3.8, 4) is 0 Å². The molecule has 1 rings (SSSR count). The number of anilines is 1. The van der Waals surface area contributed by atoms with Crippen molar-refractivity contribution in [1.29, 1.82) is 0 Å². The molecule has 0 unspecified atom stereocenters. The Kier molecular flexibility index (Phi) is 6.09. The number of nitrogens with two attached hydrogens (primary N) is 1. The third-order valence-corrected chi connectivity index (χ3v) is 3.80. The highest BCUT2D eigenvalue weighted by Crippen LogP contribution is 2.25. The Morgan fingerprint density at radius 3 is 2.60 bits per heavy atom. The lowest BCUT2D eigenvalue weighted by Gasteiger charge is -2.16. The van der Waals surface area contributed by atoms with Crippen molar-refractivity contribution in [1.82, 2.24) is 4.37 Å². The van der Waals surface area contributed by atoms with E-state index < -0.39 is 5.97 Å². The number of carbonyl (C=O) groups is 2. The fraction of sp³-hybridized carbons (Fsp3) is 0.615. The van der Waals surface area contributed by atoms with Gasteiger partial charge in [-0.15, -0.1) is 0 Å². The molecule has 1 heterocycles. The van der Waals surface area contributed by atoms with E-state index in [2.05, 4.69) is 23.5 Å². The number of aromatic nitrogens is 1. The van der Waals surface area contributed by atoms with Crippen molar-refractivity contribution in [3.05, 3.63) is 11.3 Å². The second-order valence-electron chi connectivity index (χ2n) is 5.26. The van der Waals surface area contributed by atoms with Crippen LogP contribution in [0, 0.1) is 18.8 Å². The van der Waals surface area contributed by atoms with Crippen LogP contribution in [0.2, 0.25) is 0 Å². The van der Waals surface area contributed by atoms with E-state index in [0.29, 0.717) is 29.6 Å². The van der Waals surface area contributed by atoms with E-state index in [9.17, 15) is 9.59 Å². The standard InChI is InChI=1S/C13H21N3O3S/c1-7(2)4-9(6-14)5-10(17)15-12-11(13(18)19)8(3)16-20-12/h7,9H,4-6,14H2,1-3H3,(H,15,17)(H,18,19)/t9-/m0/s1. The molecule has 0 aliphatic heterocycles. The van der Waals surface area contributed by atoms with Gasteiger partial charge in [0.2, 0.25) is 5.91 Å². The van der Waals surface area contributed by atoms with E-state index in [1.807, 2.05) is 0 Å². The van der Waals surface area contributed by atoms with Gasteiger partial charge >= 0.3 is 5.97 Å². The summed E-state index contributed by atoms with van der Waals surface area (Å²) in [7, 11) is 0. The Morgan fingerprint density at radius 1 is 1.45 bits per heavy atom. The van der Waals surface area contributed by atoms with Gasteiger partial charge in [-0.05, 0) is 43.3 Å². The van der Waals surface area contributed by atoms with Gasteiger partial charge in [0.1, 0.15) is 10.6 Å². The molecule has 112 valence electrons. The van der Waals surface area contributed by atoms with Gasteiger partial charge in [0.15, 0.2) is 0 Å². The number of aromatic carboxylic acids is 1. The Hall–Kier alpha value is -1.47. The van der Waals surface area contributed by atoms with Crippen LogP contribution < -0.4 is 11.1 Å². The summed E-state index contributed by atoms with van der Waals surface area (Å²) in [6.45, 7) is 6.21. The highest BCUT2D eigenvalue weighted by atomic mass is 32.1. The molecule has 1 aromatic rings. The van der Waals surface area contributed by atoms with Crippen molar-refractivity contribution in [2.75, 3.05) is 11.9 Å². The molecule has 1 amide bonds. The highest BCUT2D eigenvalue weighted by Gasteiger charge is 2.20. The molecule has 6 nitrogen and oxygen atoms in total. The van der Waals surface area contributed by atoms with Crippen LogP contribution >= 0.6 is 11.5 Å². The van der Waals surface area contributed by atoms with Crippen LogP contribution in [0.1, 0.15) is 42.7 Å². The zero-order valence-electron chi connectivity index (χ0n) is 12.0. The Balaban J connectivity index is 2.69. The van der Waals surface area contributed by atoms with Gasteiger partial charge in [0.25, 0.3) is 0 Å². The summed E-state index contributed by atoms with van der Waals surface area (Å²) in [4.78, 5) is 23.1. The van der Waals surface area contributed by atoms with E-state index in [0.717, 1.165) is 18.0 Å². The number of nitrogens with one attached hydrogen (secondary N) is 1. The number of rotatable bonds is 7. The summed E-state index contributed by atoms with van der Waals surface area (Å²) >= 11 is 0.987. The van der Waals surface area contributed by atoms with E-state index in [1.54, 1.807) is 6.92 Å². The minimum Gasteiger partial charge on any atom is -0.478 e. The van der Waals surface area contributed by atoms with Crippen LogP contribution in [0.4, 0.5) is 5.00 Å². The number of hydrogen-bond acceptors (Lipinski definition) is 5. The first kappa shape index (κ1) is 16.6. The van der Waals surface area contributed by atoms with E-state index >= 15 is 0 Å². The fourth-order valence-electron chi connectivity index (χ4n) is 2.08. The summed E-state index contributed by atoms with van der Waals surface area (Å²) in [5.74, 6) is -0.717. The van der Waals surface area contributed by atoms with Crippen LogP contribution in [0.5, 0.6) is 0 Å². The van der Waals surface area contributed by atoms with Crippen LogP contribution in [0.15, 0.2) is 0 Å². The molecular formula is C13H21N3O3S. The Morgan fingerprint density at radius 2 is 2.10 bits per heavy atom. The summed E-state index contributed by atoms with van der Waals surface area (Å²) in [5, 5.41) is 12.0. The number of aryl methyl sites for hydroxylation is 1. The Bertz CT molecular complexity index is 485. The van der Waals surface area contributed by atoms with Crippen LogP contribution in [-0.2, 0) is 4.79 Å². The van der Waals surface area contributed by atoms with Gasteiger partial charge in [-0.2, -0.15) is 4.37 Å². The van der Waals surface area contributed by atoms with Crippen molar-refractivity contribution >= 4 is 28.4 Å². The Labute approximate surface area is 122 Å². The molecule has 0 fully saturated rings. The largest absolute Gasteiger partial charge is 0.478 e. The smallest absolute Gasteiger partial charge is 0.340 e. The number of amides is 1. The molecule has 0 saturated heterocycles. The van der Waals surface area contributed by atoms with Crippen molar-refractivity contribution in [2.24, 2.45) is 17.6 Å². The zero-order chi connectivity index (χ0) is 15.3. The second kappa shape index (κ2) is 7.35. The zero-order valence-corrected chi connectivity index (χ0v) is 12.8. The van der Waals surface area contributed by atoms with Gasteiger partial charge in [-0.25, -0.2) is 4.79 Å². The normalized spacial score (nSPS) is 12.4. The fourth-order valence-corrected chi connectivity index (χ4v) is 2.88. The second-order valence-corrected chi connectivity index (χ2v) is 6.03. The minimum atomic E-state index is -1.08. The first-order valence-corrected chi connectivity index (χ1v) is 7.32. The SMILES string of the molecule is Cc1nsc(NC(=O)C[C@@H](CN)CC(C)C)c1C(=O)O. The molecule has 0 spiro atoms. The first-order valence-electron chi connectivity index (χ1n) is 6.54. The highest BCUT2D eigenvalue weighted by molar-refractivity contribution is 7.11. The lowest BCUT2D eigenvalue weighted by molar-refractivity contribution is -0.117. The molecule has 20 heavy (non-hydrogen) atoms. The summed E-state index contributed by atoms with van der Waals surface area (Å²) < 4.78 is 3.96. The van der Waals surface area contributed by atoms with Gasteiger partial charge in [-0.1, -0.05) is 13.8 Å². The number of carboxylic acid groups (broad SMARTS) is 1. The maximum atomic E-state index is 12.0. The van der Waals surface area contributed by atoms with E-state index in [-0.39, 0.29) is 17.4 Å². The molecule has 7 heteroatoms. The maximum absolute atomic E-state index is 12.0. The van der Waals surface area contributed by atoms with Gasteiger partial charge in [-0.3, -0.25) is 4.79 Å². The molecule has 0 saturated carbocycles. The summed E-state index contributed by atoms with van der Waals surface area (Å²) in [6, 6.07) is 0. The first-order chi connectivity index (χ1) is 9.35. The molecule has 4 N–H and O–H groups in total. The number of nitrogens with zero attached hydrogens (tertiary/aromatic N) is 1. The topological polar surface area (TPSA) is 105 Å². The van der Waals surface area contributed by atoms with Crippen LogP contribution in [0.25, 0.3) is 0 Å². The lowest BCUT2D eigenvalue weighted by atomic mass is 9.94. The predicted molar refractivity (Wildman–Crippen MR) is 79.1 cm³/mol. The van der Waals surface area contributed by atoms with Crippen molar-refractivity contribution < 1.29 is 14.7 Å². The number of carbonyl (C=O) groups excluding carboxylic acids is 1. The molecular weight excluding hydrogens is 278 g/mol. The lowest BCUT2D eigenvalue weighted by Crippen LogP contribution is -2.23. The van der Waals surface area contributed by atoms with Crippen molar-refractivity contribution in [3.63, 3.8) is 0 Å². The van der Waals surface area contributed by atoms with Gasteiger partial charge < -0.3 is 16.2 Å². The monoisotopic (exact) mass is 299 g/mol. The summed E-state index contributed by atoms with van der Waals surface area (Å²) in [5.41, 5.74) is 6.14. The molecule has 0 aliphatic rings. The third kappa shape index (κ3) is 4.57. The summed E-state index contributed by atoms with van der Waals surface area (Å²) in [6.07, 6.45) is 1.17. The average Bonchev–Trinajstić information content (AvgIpc) is 2.68. The van der Waals surface area contributed by atoms with E-state index in [1.165, 1.54) is 0 Å². The maximum Gasteiger partial charge on any atom is 0.340 e. The van der Waals surface area contributed by atoms with Gasteiger partial charge in [0, 0.05) is 6.42 Å². The van der Waals surface area contributed by atoms with Gasteiger partial charge in [0.05, 0.1) is 5.69 Å². The van der Waals surface area contributed by atoms with Crippen LogP contribution in [0.3, 0.4) is 0 Å². The minimum absolute atomic E-state index is 0.0662. The van der Waals surface area contributed by atoms with Crippen molar-refractivity contribution in [2.45, 2.75) is 33.6 Å². The molecule has 0 aliphatic carbocycles. The quantitative estimate of drug-likeness (QED) is 0.715. The average molecular weight is 299 g/mol. The third-order valence-electron chi connectivity index (χ3n) is 2.94. The predicted octanol–water partition coefficient (Wildman–Crippen LogP) is 2.10. The number of carboxylic acids is 1. The molecule has 0 bridgehead atoms. The van der Waals surface area contributed by atoms with E-state index in [4.69, 9.17) is 10.8 Å². The molecule has 0 aromatic carbocycles. The molecule has 1 atom stereocenters. The molecule has 1 aromatic heterocycles.